The number of benzene rings is 1. The van der Waals surface area contributed by atoms with E-state index >= 15 is 0 Å². The first-order chi connectivity index (χ1) is 9.02. The zero-order valence-electron chi connectivity index (χ0n) is 14.0. The van der Waals surface area contributed by atoms with Crippen molar-refractivity contribution in [2.45, 2.75) is 52.4 Å². The van der Waals surface area contributed by atoms with Gasteiger partial charge in [0.05, 0.1) is 5.56 Å². The summed E-state index contributed by atoms with van der Waals surface area (Å²) in [7, 11) is 1.94. The standard InChI is InChI=1S/C17H27NOS/c1-16(2,3)12-9-11(15(18-7)20-8)10-13(14(12)19)17(4,5)6/h9-10,19H,1-8H3/p+1. The fraction of sp³-hybridized carbons (Fsp3) is 0.588. The SMILES string of the molecule is C[NH+]=C(SC)c1cc(C(C)(C)C)c(O)c(C(C)(C)C)c1. The molecule has 0 radical (unpaired) electrons. The maximum atomic E-state index is 10.7. The fourth-order valence-corrected chi connectivity index (χ4v) is 2.83. The molecule has 2 nitrogen and oxygen atoms in total. The van der Waals surface area contributed by atoms with Crippen LogP contribution in [-0.4, -0.2) is 23.5 Å². The Kier molecular flexibility index (Phi) is 4.96. The van der Waals surface area contributed by atoms with Crippen LogP contribution in [0.2, 0.25) is 0 Å². The maximum absolute atomic E-state index is 10.7. The molecule has 0 bridgehead atoms. The third-order valence-corrected chi connectivity index (χ3v) is 4.27. The Labute approximate surface area is 127 Å². The van der Waals surface area contributed by atoms with Crippen LogP contribution in [0.3, 0.4) is 0 Å². The van der Waals surface area contributed by atoms with Gasteiger partial charge in [-0.1, -0.05) is 53.3 Å². The van der Waals surface area contributed by atoms with Gasteiger partial charge in [0.25, 0.3) is 0 Å². The minimum atomic E-state index is -0.0860. The zero-order valence-corrected chi connectivity index (χ0v) is 14.8. The maximum Gasteiger partial charge on any atom is 0.239 e. The van der Waals surface area contributed by atoms with Gasteiger partial charge in [-0.15, -0.1) is 0 Å². The summed E-state index contributed by atoms with van der Waals surface area (Å²) in [6.07, 6.45) is 2.06. The Bertz CT molecular complexity index is 484. The Balaban J connectivity index is 3.67. The molecule has 0 heterocycles. The van der Waals surface area contributed by atoms with Gasteiger partial charge in [0.1, 0.15) is 12.8 Å². The van der Waals surface area contributed by atoms with Gasteiger partial charge in [0.15, 0.2) is 0 Å². The van der Waals surface area contributed by atoms with Gasteiger partial charge in [0, 0.05) is 11.1 Å². The van der Waals surface area contributed by atoms with Gasteiger partial charge in [-0.3, -0.25) is 0 Å². The summed E-state index contributed by atoms with van der Waals surface area (Å²) in [6.45, 7) is 12.8. The zero-order chi connectivity index (χ0) is 15.7. The van der Waals surface area contributed by atoms with Crippen molar-refractivity contribution < 1.29 is 10.1 Å². The molecule has 0 saturated heterocycles. The summed E-state index contributed by atoms with van der Waals surface area (Å²) < 4.78 is 0. The largest absolute Gasteiger partial charge is 0.507 e. The van der Waals surface area contributed by atoms with Gasteiger partial charge in [-0.25, -0.2) is 4.99 Å². The summed E-state index contributed by atoms with van der Waals surface area (Å²) in [5.74, 6) is 0.435. The number of rotatable bonds is 1. The molecule has 0 atom stereocenters. The van der Waals surface area contributed by atoms with Crippen molar-refractivity contribution in [3.05, 3.63) is 28.8 Å². The summed E-state index contributed by atoms with van der Waals surface area (Å²) in [6, 6.07) is 4.21. The monoisotopic (exact) mass is 294 g/mol. The second kappa shape index (κ2) is 5.80. The van der Waals surface area contributed by atoms with E-state index in [0.717, 1.165) is 21.7 Å². The number of aromatic hydroxyl groups is 1. The molecule has 20 heavy (non-hydrogen) atoms. The highest BCUT2D eigenvalue weighted by molar-refractivity contribution is 8.13. The second-order valence-corrected chi connectivity index (χ2v) is 8.02. The van der Waals surface area contributed by atoms with E-state index in [1.54, 1.807) is 11.8 Å². The van der Waals surface area contributed by atoms with Crippen LogP contribution in [0.15, 0.2) is 12.1 Å². The minimum Gasteiger partial charge on any atom is -0.507 e. The van der Waals surface area contributed by atoms with Crippen molar-refractivity contribution in [2.24, 2.45) is 0 Å². The molecule has 1 aromatic carbocycles. The fourth-order valence-electron chi connectivity index (χ4n) is 2.27. The molecule has 0 aromatic heterocycles. The predicted molar refractivity (Wildman–Crippen MR) is 90.0 cm³/mol. The molecule has 0 aliphatic carbocycles. The number of thioether (sulfide) groups is 1. The molecule has 0 saturated carbocycles. The first-order valence-electron chi connectivity index (χ1n) is 6.99. The predicted octanol–water partition coefficient (Wildman–Crippen LogP) is 2.81. The van der Waals surface area contributed by atoms with Crippen LogP contribution >= 0.6 is 11.8 Å². The number of nitrogens with one attached hydrogen (secondary N) is 1. The van der Waals surface area contributed by atoms with E-state index in [2.05, 4.69) is 64.9 Å². The molecule has 0 unspecified atom stereocenters. The van der Waals surface area contributed by atoms with Gasteiger partial charge >= 0.3 is 0 Å². The summed E-state index contributed by atoms with van der Waals surface area (Å²) in [5.41, 5.74) is 2.98. The second-order valence-electron chi connectivity index (χ2n) is 7.20. The number of hydrogen-bond acceptors (Lipinski definition) is 2. The highest BCUT2D eigenvalue weighted by Crippen LogP contribution is 2.40. The molecule has 112 valence electrons. The molecular weight excluding hydrogens is 266 g/mol. The van der Waals surface area contributed by atoms with Crippen molar-refractivity contribution in [3.63, 3.8) is 0 Å². The van der Waals surface area contributed by atoms with Gasteiger partial charge in [0.2, 0.25) is 5.04 Å². The molecule has 2 N–H and O–H groups in total. The van der Waals surface area contributed by atoms with Crippen LogP contribution in [0, 0.1) is 0 Å². The first-order valence-corrected chi connectivity index (χ1v) is 8.22. The Hall–Kier alpha value is -0.960. The topological polar surface area (TPSA) is 34.2 Å². The Morgan fingerprint density at radius 3 is 1.65 bits per heavy atom. The van der Waals surface area contributed by atoms with E-state index in [-0.39, 0.29) is 10.8 Å². The third kappa shape index (κ3) is 3.57. The first kappa shape index (κ1) is 17.1. The van der Waals surface area contributed by atoms with Crippen LogP contribution in [0.25, 0.3) is 0 Å². The van der Waals surface area contributed by atoms with Crippen molar-refractivity contribution in [2.75, 3.05) is 13.3 Å². The Morgan fingerprint density at radius 1 is 1.00 bits per heavy atom. The highest BCUT2D eigenvalue weighted by atomic mass is 32.2. The molecule has 0 spiro atoms. The van der Waals surface area contributed by atoms with Gasteiger partial charge in [-0.05, 0) is 29.2 Å². The molecule has 1 rings (SSSR count). The van der Waals surface area contributed by atoms with Gasteiger partial charge in [-0.2, -0.15) is 0 Å². The molecule has 1 aromatic rings. The van der Waals surface area contributed by atoms with E-state index in [9.17, 15) is 5.11 Å². The van der Waals surface area contributed by atoms with E-state index in [1.165, 1.54) is 0 Å². The lowest BCUT2D eigenvalue weighted by atomic mass is 9.78. The smallest absolute Gasteiger partial charge is 0.239 e. The molecule has 3 heteroatoms. The lowest BCUT2D eigenvalue weighted by Gasteiger charge is -2.27. The van der Waals surface area contributed by atoms with Crippen molar-refractivity contribution in [3.8, 4) is 5.75 Å². The number of phenols is 1. The highest BCUT2D eigenvalue weighted by Gasteiger charge is 2.28. The van der Waals surface area contributed by atoms with Crippen LogP contribution in [0.1, 0.15) is 58.2 Å². The van der Waals surface area contributed by atoms with E-state index in [1.807, 2.05) is 7.05 Å². The molecular formula is C17H28NOS+. The van der Waals surface area contributed by atoms with E-state index in [4.69, 9.17) is 0 Å². The number of hydrogen-bond donors (Lipinski definition) is 2. The lowest BCUT2D eigenvalue weighted by Crippen LogP contribution is -2.67. The quantitative estimate of drug-likeness (QED) is 0.617. The molecule has 0 aliphatic heterocycles. The minimum absolute atomic E-state index is 0.0860. The molecule has 0 fully saturated rings. The van der Waals surface area contributed by atoms with Crippen molar-refractivity contribution in [1.82, 2.24) is 0 Å². The summed E-state index contributed by atoms with van der Waals surface area (Å²) in [5, 5.41) is 11.8. The number of phenolic OH excluding ortho intramolecular Hbond substituents is 1. The van der Waals surface area contributed by atoms with Crippen molar-refractivity contribution in [1.29, 1.82) is 0 Å². The Morgan fingerprint density at radius 2 is 1.40 bits per heavy atom. The van der Waals surface area contributed by atoms with Crippen LogP contribution in [0.5, 0.6) is 5.75 Å². The van der Waals surface area contributed by atoms with Crippen LogP contribution < -0.4 is 4.99 Å². The average molecular weight is 294 g/mol. The molecule has 0 amide bonds. The average Bonchev–Trinajstić information content (AvgIpc) is 2.29. The summed E-state index contributed by atoms with van der Waals surface area (Å²) in [4.78, 5) is 3.24. The van der Waals surface area contributed by atoms with E-state index < -0.39 is 0 Å². The third-order valence-electron chi connectivity index (χ3n) is 3.42. The molecule has 0 aliphatic rings. The van der Waals surface area contributed by atoms with Crippen LogP contribution in [-0.2, 0) is 10.8 Å². The van der Waals surface area contributed by atoms with Gasteiger partial charge < -0.3 is 5.11 Å². The normalized spacial score (nSPS) is 13.7. The van der Waals surface area contributed by atoms with E-state index in [0.29, 0.717) is 5.75 Å². The van der Waals surface area contributed by atoms with Crippen molar-refractivity contribution >= 4 is 16.8 Å². The lowest BCUT2D eigenvalue weighted by molar-refractivity contribution is -0.415. The van der Waals surface area contributed by atoms with Crippen LogP contribution in [0.4, 0.5) is 0 Å². The summed E-state index contributed by atoms with van der Waals surface area (Å²) >= 11 is 1.69.